The Bertz CT molecular complexity index is 879. The second-order valence-electron chi connectivity index (χ2n) is 6.85. The van der Waals surface area contributed by atoms with Crippen molar-refractivity contribution in [3.05, 3.63) is 66.1 Å². The maximum atomic E-state index is 14.0. The number of aliphatic hydroxyl groups excluding tert-OH is 1. The van der Waals surface area contributed by atoms with Gasteiger partial charge >= 0.3 is 0 Å². The molecule has 3 rings (SSSR count). The molecule has 5 heteroatoms. The summed E-state index contributed by atoms with van der Waals surface area (Å²) in [5, 5.41) is 12.5. The molecule has 0 aliphatic heterocycles. The minimum absolute atomic E-state index is 0.0709. The monoisotopic (exact) mass is 353 g/mol. The van der Waals surface area contributed by atoms with Crippen LogP contribution in [0.3, 0.4) is 0 Å². The Balaban J connectivity index is 1.89. The fraction of sp³-hybridized carbons (Fsp3) is 0.286. The van der Waals surface area contributed by atoms with E-state index < -0.39 is 5.67 Å². The number of benzene rings is 2. The number of imidazole rings is 1. The molecule has 0 saturated carbocycles. The van der Waals surface area contributed by atoms with Crippen molar-refractivity contribution >= 4 is 11.4 Å². The Morgan fingerprint density at radius 2 is 1.81 bits per heavy atom. The van der Waals surface area contributed by atoms with Gasteiger partial charge in [-0.05, 0) is 37.6 Å². The normalized spacial score (nSPS) is 11.6. The highest BCUT2D eigenvalue weighted by Gasteiger charge is 2.18. The number of alkyl halides is 1. The number of aromatic nitrogens is 2. The molecule has 1 aromatic heterocycles. The molecule has 0 atom stereocenters. The standard InChI is InChI=1S/C21H24FN3O/c1-21(2,22)15-8-10-16(11-9-15)23-18-7-5-4-6-17(18)19-14-25(3)20(24-19)12-13-26/h4-11,14,23,26H,12-13H2,1-3H3. The molecule has 3 aromatic rings. The molecule has 2 N–H and O–H groups in total. The molecule has 0 spiro atoms. The molecule has 136 valence electrons. The van der Waals surface area contributed by atoms with E-state index in [0.717, 1.165) is 28.5 Å². The zero-order valence-corrected chi connectivity index (χ0v) is 15.3. The summed E-state index contributed by atoms with van der Waals surface area (Å²) >= 11 is 0. The summed E-state index contributed by atoms with van der Waals surface area (Å²) in [5.41, 5.74) is 2.93. The molecule has 4 nitrogen and oxygen atoms in total. The van der Waals surface area contributed by atoms with Crippen molar-refractivity contribution in [1.29, 1.82) is 0 Å². The van der Waals surface area contributed by atoms with Crippen LogP contribution in [0.1, 0.15) is 25.2 Å². The van der Waals surface area contributed by atoms with E-state index in [2.05, 4.69) is 10.3 Å². The van der Waals surface area contributed by atoms with E-state index in [-0.39, 0.29) is 6.61 Å². The fourth-order valence-corrected chi connectivity index (χ4v) is 2.89. The van der Waals surface area contributed by atoms with Gasteiger partial charge in [0.2, 0.25) is 0 Å². The summed E-state index contributed by atoms with van der Waals surface area (Å²) in [6.45, 7) is 3.17. The molecular weight excluding hydrogens is 329 g/mol. The van der Waals surface area contributed by atoms with E-state index >= 15 is 0 Å². The number of hydrogen-bond donors (Lipinski definition) is 2. The third-order valence-corrected chi connectivity index (χ3v) is 4.36. The van der Waals surface area contributed by atoms with Crippen molar-refractivity contribution in [2.24, 2.45) is 7.05 Å². The molecule has 0 aliphatic carbocycles. The van der Waals surface area contributed by atoms with Crippen LogP contribution < -0.4 is 5.32 Å². The molecule has 2 aromatic carbocycles. The van der Waals surface area contributed by atoms with Gasteiger partial charge in [0.15, 0.2) is 0 Å². The van der Waals surface area contributed by atoms with Gasteiger partial charge < -0.3 is 15.0 Å². The van der Waals surface area contributed by atoms with Crippen molar-refractivity contribution in [2.45, 2.75) is 25.9 Å². The van der Waals surface area contributed by atoms with Crippen LogP contribution in [-0.4, -0.2) is 21.3 Å². The van der Waals surface area contributed by atoms with Gasteiger partial charge in [0, 0.05) is 36.6 Å². The van der Waals surface area contributed by atoms with Crippen LogP contribution >= 0.6 is 0 Å². The second-order valence-corrected chi connectivity index (χ2v) is 6.85. The number of nitrogens with one attached hydrogen (secondary N) is 1. The zero-order chi connectivity index (χ0) is 18.7. The molecule has 0 amide bonds. The Morgan fingerprint density at radius 3 is 2.46 bits per heavy atom. The van der Waals surface area contributed by atoms with Gasteiger partial charge in [0.05, 0.1) is 12.3 Å². The number of rotatable bonds is 6. The molecule has 0 radical (unpaired) electrons. The quantitative estimate of drug-likeness (QED) is 0.682. The van der Waals surface area contributed by atoms with Crippen molar-refractivity contribution in [2.75, 3.05) is 11.9 Å². The van der Waals surface area contributed by atoms with Gasteiger partial charge in [0.25, 0.3) is 0 Å². The molecule has 0 unspecified atom stereocenters. The summed E-state index contributed by atoms with van der Waals surface area (Å²) in [7, 11) is 1.93. The number of anilines is 2. The number of para-hydroxylation sites is 1. The number of halogens is 1. The Kier molecular flexibility index (Phi) is 5.09. The van der Waals surface area contributed by atoms with Crippen LogP contribution in [0.5, 0.6) is 0 Å². The third kappa shape index (κ3) is 3.94. The lowest BCUT2D eigenvalue weighted by atomic mass is 10.00. The molecule has 1 heterocycles. The minimum Gasteiger partial charge on any atom is -0.396 e. The SMILES string of the molecule is Cn1cc(-c2ccccc2Nc2ccc(C(C)(C)F)cc2)nc1CCO. The van der Waals surface area contributed by atoms with Crippen LogP contribution in [-0.2, 0) is 19.1 Å². The number of nitrogens with zero attached hydrogens (tertiary/aromatic N) is 2. The molecule has 0 aliphatic rings. The molecule has 0 bridgehead atoms. The van der Waals surface area contributed by atoms with Gasteiger partial charge in [-0.1, -0.05) is 30.3 Å². The smallest absolute Gasteiger partial charge is 0.130 e. The lowest BCUT2D eigenvalue weighted by molar-refractivity contribution is 0.221. The van der Waals surface area contributed by atoms with E-state index in [1.54, 1.807) is 26.0 Å². The summed E-state index contributed by atoms with van der Waals surface area (Å²) < 4.78 is 16.0. The van der Waals surface area contributed by atoms with Gasteiger partial charge in [0.1, 0.15) is 11.5 Å². The lowest BCUT2D eigenvalue weighted by Gasteiger charge is -2.16. The number of aryl methyl sites for hydroxylation is 1. The first-order chi connectivity index (χ1) is 12.4. The van der Waals surface area contributed by atoms with Crippen LogP contribution in [0.15, 0.2) is 54.7 Å². The van der Waals surface area contributed by atoms with Gasteiger partial charge in [-0.15, -0.1) is 0 Å². The second kappa shape index (κ2) is 7.30. The van der Waals surface area contributed by atoms with Crippen LogP contribution in [0.4, 0.5) is 15.8 Å². The first kappa shape index (κ1) is 18.1. The molecule has 0 saturated heterocycles. The van der Waals surface area contributed by atoms with Gasteiger partial charge in [-0.25, -0.2) is 9.37 Å². The summed E-state index contributed by atoms with van der Waals surface area (Å²) in [5.74, 6) is 0.840. The first-order valence-electron chi connectivity index (χ1n) is 8.67. The third-order valence-electron chi connectivity index (χ3n) is 4.36. The average molecular weight is 353 g/mol. The van der Waals surface area contributed by atoms with Crippen molar-refractivity contribution < 1.29 is 9.50 Å². The fourth-order valence-electron chi connectivity index (χ4n) is 2.89. The predicted molar refractivity (Wildman–Crippen MR) is 103 cm³/mol. The highest BCUT2D eigenvalue weighted by molar-refractivity contribution is 5.79. The van der Waals surface area contributed by atoms with E-state index in [9.17, 15) is 4.39 Å². The summed E-state index contributed by atoms with van der Waals surface area (Å²) in [4.78, 5) is 4.63. The van der Waals surface area contributed by atoms with E-state index in [1.165, 1.54) is 0 Å². The number of aliphatic hydroxyl groups is 1. The Labute approximate surface area is 153 Å². The first-order valence-corrected chi connectivity index (χ1v) is 8.67. The Hall–Kier alpha value is -2.66. The maximum absolute atomic E-state index is 14.0. The van der Waals surface area contributed by atoms with E-state index in [1.807, 2.05) is 54.2 Å². The average Bonchev–Trinajstić information content (AvgIpc) is 2.96. The highest BCUT2D eigenvalue weighted by Crippen LogP contribution is 2.31. The summed E-state index contributed by atoms with van der Waals surface area (Å²) in [6.07, 6.45) is 2.48. The van der Waals surface area contributed by atoms with Crippen LogP contribution in [0.2, 0.25) is 0 Å². The number of hydrogen-bond acceptors (Lipinski definition) is 3. The largest absolute Gasteiger partial charge is 0.396 e. The predicted octanol–water partition coefficient (Wildman–Crippen LogP) is 4.57. The van der Waals surface area contributed by atoms with Crippen molar-refractivity contribution in [3.8, 4) is 11.3 Å². The van der Waals surface area contributed by atoms with Gasteiger partial charge in [-0.3, -0.25) is 0 Å². The highest BCUT2D eigenvalue weighted by atomic mass is 19.1. The van der Waals surface area contributed by atoms with E-state index in [4.69, 9.17) is 5.11 Å². The topological polar surface area (TPSA) is 50.1 Å². The van der Waals surface area contributed by atoms with E-state index in [0.29, 0.717) is 12.0 Å². The van der Waals surface area contributed by atoms with Gasteiger partial charge in [-0.2, -0.15) is 0 Å². The lowest BCUT2D eigenvalue weighted by Crippen LogP contribution is -2.08. The van der Waals surface area contributed by atoms with Crippen molar-refractivity contribution in [3.63, 3.8) is 0 Å². The molecular formula is C21H24FN3O. The summed E-state index contributed by atoms with van der Waals surface area (Å²) in [6, 6.07) is 15.3. The minimum atomic E-state index is -1.35. The van der Waals surface area contributed by atoms with Crippen LogP contribution in [0.25, 0.3) is 11.3 Å². The zero-order valence-electron chi connectivity index (χ0n) is 15.3. The van der Waals surface area contributed by atoms with Crippen LogP contribution in [0, 0.1) is 0 Å². The van der Waals surface area contributed by atoms with Crippen molar-refractivity contribution in [1.82, 2.24) is 9.55 Å². The Morgan fingerprint density at radius 1 is 1.12 bits per heavy atom. The maximum Gasteiger partial charge on any atom is 0.130 e. The molecule has 26 heavy (non-hydrogen) atoms. The molecule has 0 fully saturated rings.